The third-order valence-corrected chi connectivity index (χ3v) is 4.73. The Labute approximate surface area is 124 Å². The summed E-state index contributed by atoms with van der Waals surface area (Å²) in [7, 11) is 0. The van der Waals surface area contributed by atoms with Crippen LogP contribution in [0.1, 0.15) is 29.9 Å². The molecular weight excluding hydrogens is 256 g/mol. The van der Waals surface area contributed by atoms with E-state index in [4.69, 9.17) is 0 Å². The summed E-state index contributed by atoms with van der Waals surface area (Å²) in [6.07, 6.45) is 1.62. The van der Waals surface area contributed by atoms with Crippen LogP contribution in [0.5, 0.6) is 0 Å². The second-order valence-corrected chi connectivity index (χ2v) is 6.07. The molecule has 0 heterocycles. The normalized spacial score (nSPS) is 24.7. The van der Waals surface area contributed by atoms with Crippen molar-refractivity contribution in [2.75, 3.05) is 0 Å². The Morgan fingerprint density at radius 3 is 2.24 bits per heavy atom. The third kappa shape index (κ3) is 2.05. The van der Waals surface area contributed by atoms with Gasteiger partial charge in [-0.15, -0.1) is 0 Å². The summed E-state index contributed by atoms with van der Waals surface area (Å²) in [5.41, 5.74) is 1.73. The van der Waals surface area contributed by atoms with E-state index >= 15 is 0 Å². The largest absolute Gasteiger partial charge is 0.385 e. The number of aliphatic hydroxyl groups is 1. The second-order valence-electron chi connectivity index (χ2n) is 6.07. The molecule has 3 aromatic carbocycles. The lowest BCUT2D eigenvalue weighted by atomic mass is 9.64. The van der Waals surface area contributed by atoms with Crippen LogP contribution in [0.3, 0.4) is 0 Å². The summed E-state index contributed by atoms with van der Waals surface area (Å²) in [6, 6.07) is 25.0. The van der Waals surface area contributed by atoms with Crippen molar-refractivity contribution in [2.45, 2.75) is 24.4 Å². The molecule has 1 heteroatoms. The van der Waals surface area contributed by atoms with Crippen molar-refractivity contribution >= 4 is 10.8 Å². The maximum absolute atomic E-state index is 11.0. The van der Waals surface area contributed by atoms with Crippen LogP contribution in [0.2, 0.25) is 0 Å². The Bertz CT molecular complexity index is 765. The van der Waals surface area contributed by atoms with Gasteiger partial charge in [-0.25, -0.2) is 0 Å². The Balaban J connectivity index is 1.68. The van der Waals surface area contributed by atoms with E-state index in [0.717, 1.165) is 18.4 Å². The average molecular weight is 274 g/mol. The van der Waals surface area contributed by atoms with E-state index in [-0.39, 0.29) is 0 Å². The van der Waals surface area contributed by atoms with E-state index in [9.17, 15) is 5.11 Å². The van der Waals surface area contributed by atoms with Gasteiger partial charge >= 0.3 is 0 Å². The molecule has 0 unspecified atom stereocenters. The minimum atomic E-state index is -0.679. The molecule has 4 rings (SSSR count). The molecule has 1 aliphatic carbocycles. The molecule has 1 fully saturated rings. The van der Waals surface area contributed by atoms with Crippen molar-refractivity contribution in [3.8, 4) is 0 Å². The summed E-state index contributed by atoms with van der Waals surface area (Å²) in [5, 5.41) is 13.4. The average Bonchev–Trinajstić information content (AvgIpc) is 2.52. The first kappa shape index (κ1) is 12.6. The zero-order valence-electron chi connectivity index (χ0n) is 11.9. The minimum Gasteiger partial charge on any atom is -0.385 e. The molecule has 0 bridgehead atoms. The van der Waals surface area contributed by atoms with E-state index in [1.165, 1.54) is 16.3 Å². The van der Waals surface area contributed by atoms with Crippen molar-refractivity contribution in [3.63, 3.8) is 0 Å². The van der Waals surface area contributed by atoms with Crippen LogP contribution in [-0.2, 0) is 5.60 Å². The van der Waals surface area contributed by atoms with Crippen LogP contribution in [-0.4, -0.2) is 5.11 Å². The number of rotatable bonds is 2. The quantitative estimate of drug-likeness (QED) is 0.723. The smallest absolute Gasteiger partial charge is 0.0914 e. The van der Waals surface area contributed by atoms with Gasteiger partial charge in [0, 0.05) is 0 Å². The van der Waals surface area contributed by atoms with Gasteiger partial charge in [-0.1, -0.05) is 72.8 Å². The highest BCUT2D eigenvalue weighted by molar-refractivity contribution is 5.86. The molecule has 0 saturated heterocycles. The Hall–Kier alpha value is -2.12. The van der Waals surface area contributed by atoms with Crippen LogP contribution in [0.4, 0.5) is 0 Å². The SMILES string of the molecule is OC1(c2cccc3ccccc23)CC(c2ccccc2)C1. The van der Waals surface area contributed by atoms with Crippen molar-refractivity contribution in [1.82, 2.24) is 0 Å². The molecule has 21 heavy (non-hydrogen) atoms. The standard InChI is InChI=1S/C20H18O/c21-20(13-17(14-20)15-7-2-1-3-8-15)19-12-6-10-16-9-4-5-11-18(16)19/h1-12,17,21H,13-14H2. The third-order valence-electron chi connectivity index (χ3n) is 4.73. The van der Waals surface area contributed by atoms with Crippen LogP contribution >= 0.6 is 0 Å². The molecule has 1 aliphatic rings. The summed E-state index contributed by atoms with van der Waals surface area (Å²) in [4.78, 5) is 0. The summed E-state index contributed by atoms with van der Waals surface area (Å²) >= 11 is 0. The predicted molar refractivity (Wildman–Crippen MR) is 86.3 cm³/mol. The molecule has 0 atom stereocenters. The van der Waals surface area contributed by atoms with Gasteiger partial charge in [-0.2, -0.15) is 0 Å². The van der Waals surface area contributed by atoms with Gasteiger partial charge in [0.15, 0.2) is 0 Å². The Morgan fingerprint density at radius 1 is 0.762 bits per heavy atom. The van der Waals surface area contributed by atoms with Gasteiger partial charge < -0.3 is 5.11 Å². The molecule has 0 aliphatic heterocycles. The summed E-state index contributed by atoms with van der Waals surface area (Å²) in [6.45, 7) is 0. The maximum atomic E-state index is 11.0. The number of hydrogen-bond acceptors (Lipinski definition) is 1. The molecule has 0 spiro atoms. The summed E-state index contributed by atoms with van der Waals surface area (Å²) < 4.78 is 0. The first-order valence-electron chi connectivity index (χ1n) is 7.52. The van der Waals surface area contributed by atoms with Crippen LogP contribution < -0.4 is 0 Å². The highest BCUT2D eigenvalue weighted by Gasteiger charge is 2.45. The molecule has 3 aromatic rings. The van der Waals surface area contributed by atoms with Gasteiger partial charge in [0.2, 0.25) is 0 Å². The van der Waals surface area contributed by atoms with Gasteiger partial charge in [0.05, 0.1) is 5.60 Å². The first-order chi connectivity index (χ1) is 10.3. The van der Waals surface area contributed by atoms with Gasteiger partial charge in [0.1, 0.15) is 0 Å². The Kier molecular flexibility index (Phi) is 2.83. The molecule has 1 saturated carbocycles. The molecule has 0 radical (unpaired) electrons. The zero-order valence-corrected chi connectivity index (χ0v) is 11.9. The van der Waals surface area contributed by atoms with Crippen LogP contribution in [0.25, 0.3) is 10.8 Å². The van der Waals surface area contributed by atoms with E-state index in [1.54, 1.807) is 0 Å². The van der Waals surface area contributed by atoms with Gasteiger partial charge in [0.25, 0.3) is 0 Å². The molecule has 0 aromatic heterocycles. The first-order valence-corrected chi connectivity index (χ1v) is 7.52. The predicted octanol–water partition coefficient (Wildman–Crippen LogP) is 4.61. The Morgan fingerprint density at radius 2 is 1.43 bits per heavy atom. The van der Waals surface area contributed by atoms with Crippen LogP contribution in [0.15, 0.2) is 72.8 Å². The maximum Gasteiger partial charge on any atom is 0.0914 e. The fraction of sp³-hybridized carbons (Fsp3) is 0.200. The van der Waals surface area contributed by atoms with Crippen molar-refractivity contribution in [2.24, 2.45) is 0 Å². The van der Waals surface area contributed by atoms with Crippen molar-refractivity contribution in [1.29, 1.82) is 0 Å². The fourth-order valence-electron chi connectivity index (χ4n) is 3.57. The highest BCUT2D eigenvalue weighted by atomic mass is 16.3. The fourth-order valence-corrected chi connectivity index (χ4v) is 3.57. The van der Waals surface area contributed by atoms with E-state index in [2.05, 4.69) is 48.5 Å². The van der Waals surface area contributed by atoms with Crippen molar-refractivity contribution in [3.05, 3.63) is 83.9 Å². The van der Waals surface area contributed by atoms with Crippen LogP contribution in [0, 0.1) is 0 Å². The van der Waals surface area contributed by atoms with E-state index in [0.29, 0.717) is 5.92 Å². The monoisotopic (exact) mass is 274 g/mol. The molecule has 1 N–H and O–H groups in total. The molecule has 1 nitrogen and oxygen atoms in total. The minimum absolute atomic E-state index is 0.468. The van der Waals surface area contributed by atoms with Gasteiger partial charge in [-0.05, 0) is 40.7 Å². The number of benzene rings is 3. The second kappa shape index (κ2) is 4.71. The van der Waals surface area contributed by atoms with E-state index < -0.39 is 5.60 Å². The lowest BCUT2D eigenvalue weighted by molar-refractivity contribution is -0.0537. The number of fused-ring (bicyclic) bond motifs is 1. The number of hydrogen-bond donors (Lipinski definition) is 1. The molecule has 0 amide bonds. The molecular formula is C20H18O. The van der Waals surface area contributed by atoms with Crippen molar-refractivity contribution < 1.29 is 5.11 Å². The molecule has 104 valence electrons. The lowest BCUT2D eigenvalue weighted by Crippen LogP contribution is -2.39. The highest BCUT2D eigenvalue weighted by Crippen LogP contribution is 2.52. The topological polar surface area (TPSA) is 20.2 Å². The van der Waals surface area contributed by atoms with E-state index in [1.807, 2.05) is 24.3 Å². The summed E-state index contributed by atoms with van der Waals surface area (Å²) in [5.74, 6) is 0.468. The van der Waals surface area contributed by atoms with Gasteiger partial charge in [-0.3, -0.25) is 0 Å². The zero-order chi connectivity index (χ0) is 14.3. The lowest BCUT2D eigenvalue weighted by Gasteiger charge is -2.45.